The highest BCUT2D eigenvalue weighted by molar-refractivity contribution is 5.73. The Morgan fingerprint density at radius 2 is 2.00 bits per heavy atom. The van der Waals surface area contributed by atoms with Gasteiger partial charge >= 0.3 is 6.18 Å². The number of carbonyl (C=O) groups is 1. The fourth-order valence-corrected chi connectivity index (χ4v) is 0.470. The van der Waals surface area contributed by atoms with Crippen LogP contribution in [0.5, 0.6) is 0 Å². The highest BCUT2D eigenvalue weighted by Gasteiger charge is 2.38. The van der Waals surface area contributed by atoms with E-state index >= 15 is 0 Å². The van der Waals surface area contributed by atoms with Crippen LogP contribution in [-0.2, 0) is 6.18 Å². The maximum absolute atomic E-state index is 11.7. The number of aromatic nitrogens is 2. The molecule has 0 spiro atoms. The second kappa shape index (κ2) is 2.33. The van der Waals surface area contributed by atoms with E-state index in [1.807, 2.05) is 0 Å². The van der Waals surface area contributed by atoms with Crippen molar-refractivity contribution in [3.63, 3.8) is 0 Å². The van der Waals surface area contributed by atoms with Crippen molar-refractivity contribution in [3.8, 4) is 0 Å². The molecule has 7 heteroatoms. The SMILES string of the molecule is O=Cc1nonc1C(F)(F)F. The van der Waals surface area contributed by atoms with Crippen LogP contribution in [0.4, 0.5) is 13.2 Å². The van der Waals surface area contributed by atoms with Crippen LogP contribution in [0, 0.1) is 0 Å². The number of hydrogen-bond donors (Lipinski definition) is 0. The lowest BCUT2D eigenvalue weighted by Gasteiger charge is -1.98. The molecule has 0 atom stereocenters. The van der Waals surface area contributed by atoms with E-state index in [-0.39, 0.29) is 6.29 Å². The predicted octanol–water partition coefficient (Wildman–Crippen LogP) is 0.901. The second-order valence-electron chi connectivity index (χ2n) is 1.61. The summed E-state index contributed by atoms with van der Waals surface area (Å²) < 4.78 is 39.0. The molecule has 11 heavy (non-hydrogen) atoms. The lowest BCUT2D eigenvalue weighted by molar-refractivity contribution is -0.142. The Labute approximate surface area is 58.0 Å². The van der Waals surface area contributed by atoms with E-state index < -0.39 is 17.6 Å². The number of halogens is 3. The molecule has 0 aliphatic rings. The Bertz CT molecular complexity index is 267. The minimum atomic E-state index is -4.68. The maximum atomic E-state index is 11.7. The number of carbonyl (C=O) groups excluding carboxylic acids is 1. The molecule has 0 aliphatic heterocycles. The van der Waals surface area contributed by atoms with Crippen LogP contribution < -0.4 is 0 Å². The minimum absolute atomic E-state index is 0.0701. The number of aldehydes is 1. The Morgan fingerprint density at radius 3 is 2.36 bits per heavy atom. The summed E-state index contributed by atoms with van der Waals surface area (Å²) in [6.07, 6.45) is -4.75. The molecule has 0 saturated heterocycles. The first-order valence-electron chi connectivity index (χ1n) is 2.40. The molecule has 0 saturated carbocycles. The lowest BCUT2D eigenvalue weighted by Crippen LogP contribution is -2.08. The van der Waals surface area contributed by atoms with Gasteiger partial charge in [-0.2, -0.15) is 13.2 Å². The number of rotatable bonds is 1. The van der Waals surface area contributed by atoms with Crippen molar-refractivity contribution in [2.24, 2.45) is 0 Å². The summed E-state index contributed by atoms with van der Waals surface area (Å²) in [7, 11) is 0. The first-order chi connectivity index (χ1) is 5.05. The third-order valence-electron chi connectivity index (χ3n) is 0.894. The molecular weight excluding hydrogens is 165 g/mol. The van der Waals surface area contributed by atoms with E-state index in [2.05, 4.69) is 14.9 Å². The molecule has 60 valence electrons. The van der Waals surface area contributed by atoms with Crippen LogP contribution in [0.3, 0.4) is 0 Å². The Morgan fingerprint density at radius 1 is 1.36 bits per heavy atom. The molecule has 0 aliphatic carbocycles. The molecule has 0 unspecified atom stereocenters. The average molecular weight is 166 g/mol. The van der Waals surface area contributed by atoms with Gasteiger partial charge in [0.05, 0.1) is 0 Å². The molecule has 0 aromatic carbocycles. The predicted molar refractivity (Wildman–Crippen MR) is 24.7 cm³/mol. The van der Waals surface area contributed by atoms with E-state index in [1.165, 1.54) is 0 Å². The molecule has 1 aromatic heterocycles. The Balaban J connectivity index is 3.12. The number of hydrogen-bond acceptors (Lipinski definition) is 4. The largest absolute Gasteiger partial charge is 0.439 e. The third-order valence-corrected chi connectivity index (χ3v) is 0.894. The van der Waals surface area contributed by atoms with E-state index in [9.17, 15) is 18.0 Å². The minimum Gasteiger partial charge on any atom is -0.296 e. The van der Waals surface area contributed by atoms with Crippen molar-refractivity contribution in [2.75, 3.05) is 0 Å². The Hall–Kier alpha value is -1.40. The third kappa shape index (κ3) is 1.36. The molecule has 0 bridgehead atoms. The molecule has 0 N–H and O–H groups in total. The van der Waals surface area contributed by atoms with Crippen molar-refractivity contribution in [3.05, 3.63) is 11.4 Å². The van der Waals surface area contributed by atoms with E-state index in [0.29, 0.717) is 0 Å². The highest BCUT2D eigenvalue weighted by Crippen LogP contribution is 2.28. The summed E-state index contributed by atoms with van der Waals surface area (Å²) in [5.41, 5.74) is -2.23. The van der Waals surface area contributed by atoms with Crippen molar-refractivity contribution in [1.29, 1.82) is 0 Å². The number of nitrogens with zero attached hydrogens (tertiary/aromatic N) is 2. The molecule has 1 rings (SSSR count). The van der Waals surface area contributed by atoms with E-state index in [4.69, 9.17) is 0 Å². The standard InChI is InChI=1S/C4HF3N2O2/c5-4(6,7)3-2(1-10)8-11-9-3/h1H. The van der Waals surface area contributed by atoms with Gasteiger partial charge in [-0.15, -0.1) is 0 Å². The fraction of sp³-hybridized carbons (Fsp3) is 0.250. The fourth-order valence-electron chi connectivity index (χ4n) is 0.470. The second-order valence-corrected chi connectivity index (χ2v) is 1.61. The summed E-state index contributed by atoms with van der Waals surface area (Å²) >= 11 is 0. The molecule has 1 heterocycles. The van der Waals surface area contributed by atoms with Gasteiger partial charge in [0.2, 0.25) is 5.69 Å². The van der Waals surface area contributed by atoms with Gasteiger partial charge in [0, 0.05) is 0 Å². The topological polar surface area (TPSA) is 56.0 Å². The summed E-state index contributed by atoms with van der Waals surface area (Å²) in [5.74, 6) is 0. The normalized spacial score (nSPS) is 11.5. The summed E-state index contributed by atoms with van der Waals surface area (Å²) in [6.45, 7) is 0. The summed E-state index contributed by atoms with van der Waals surface area (Å²) in [6, 6.07) is 0. The summed E-state index contributed by atoms with van der Waals surface area (Å²) in [5, 5.41) is 5.24. The molecule has 0 fully saturated rings. The van der Waals surface area contributed by atoms with Crippen LogP contribution in [0.2, 0.25) is 0 Å². The van der Waals surface area contributed by atoms with Gasteiger partial charge in [-0.25, -0.2) is 4.63 Å². The van der Waals surface area contributed by atoms with Crippen molar-refractivity contribution in [1.82, 2.24) is 10.3 Å². The van der Waals surface area contributed by atoms with Gasteiger partial charge in [0.25, 0.3) is 0 Å². The van der Waals surface area contributed by atoms with Crippen LogP contribution >= 0.6 is 0 Å². The first-order valence-corrected chi connectivity index (χ1v) is 2.40. The molecule has 1 aromatic rings. The smallest absolute Gasteiger partial charge is 0.296 e. The quantitative estimate of drug-likeness (QED) is 0.581. The van der Waals surface area contributed by atoms with E-state index in [0.717, 1.165) is 0 Å². The van der Waals surface area contributed by atoms with Crippen molar-refractivity contribution < 1.29 is 22.6 Å². The number of alkyl halides is 3. The van der Waals surface area contributed by atoms with Crippen molar-refractivity contribution in [2.45, 2.75) is 6.18 Å². The monoisotopic (exact) mass is 166 g/mol. The van der Waals surface area contributed by atoms with Crippen LogP contribution in [0.15, 0.2) is 4.63 Å². The zero-order valence-corrected chi connectivity index (χ0v) is 4.92. The average Bonchev–Trinajstić information content (AvgIpc) is 2.31. The summed E-state index contributed by atoms with van der Waals surface area (Å²) in [4.78, 5) is 9.87. The highest BCUT2D eigenvalue weighted by atomic mass is 19.4. The van der Waals surface area contributed by atoms with Gasteiger partial charge in [-0.05, 0) is 10.3 Å². The van der Waals surface area contributed by atoms with Crippen LogP contribution in [0.1, 0.15) is 16.2 Å². The Kier molecular flexibility index (Phi) is 1.63. The maximum Gasteiger partial charge on any atom is 0.439 e. The first kappa shape index (κ1) is 7.70. The van der Waals surface area contributed by atoms with Gasteiger partial charge < -0.3 is 0 Å². The van der Waals surface area contributed by atoms with Crippen molar-refractivity contribution >= 4 is 6.29 Å². The van der Waals surface area contributed by atoms with E-state index in [1.54, 1.807) is 0 Å². The van der Waals surface area contributed by atoms with Gasteiger partial charge in [0.15, 0.2) is 12.0 Å². The van der Waals surface area contributed by atoms with Gasteiger partial charge in [0.1, 0.15) is 0 Å². The molecule has 0 amide bonds. The molecule has 4 nitrogen and oxygen atoms in total. The molecule has 0 radical (unpaired) electrons. The lowest BCUT2D eigenvalue weighted by atomic mass is 10.3. The van der Waals surface area contributed by atoms with Gasteiger partial charge in [-0.1, -0.05) is 0 Å². The van der Waals surface area contributed by atoms with Gasteiger partial charge in [-0.3, -0.25) is 4.79 Å². The van der Waals surface area contributed by atoms with Crippen LogP contribution in [0.25, 0.3) is 0 Å². The zero-order chi connectivity index (χ0) is 8.48. The van der Waals surface area contributed by atoms with Crippen LogP contribution in [-0.4, -0.2) is 16.6 Å². The molecular formula is C4HF3N2O2. The zero-order valence-electron chi connectivity index (χ0n) is 4.92.